The van der Waals surface area contributed by atoms with E-state index in [0.717, 1.165) is 19.4 Å². The number of rotatable bonds is 6. The van der Waals surface area contributed by atoms with Crippen molar-refractivity contribution >= 4 is 11.9 Å². The van der Waals surface area contributed by atoms with Gasteiger partial charge in [0.1, 0.15) is 0 Å². The Kier molecular flexibility index (Phi) is 5.04. The molecule has 0 saturated heterocycles. The maximum atomic E-state index is 11.3. The highest BCUT2D eigenvalue weighted by atomic mass is 16.2. The molecule has 0 aromatic carbocycles. The highest BCUT2D eigenvalue weighted by Crippen LogP contribution is 2.17. The highest BCUT2D eigenvalue weighted by molar-refractivity contribution is 5.84. The van der Waals surface area contributed by atoms with Gasteiger partial charge < -0.3 is 20.9 Å². The Morgan fingerprint density at radius 1 is 1.25 bits per heavy atom. The van der Waals surface area contributed by atoms with Crippen molar-refractivity contribution in [1.82, 2.24) is 20.9 Å². The molecular formula is C10H20N4O2. The molecule has 0 heterocycles. The van der Waals surface area contributed by atoms with Crippen molar-refractivity contribution in [2.75, 3.05) is 33.7 Å². The summed E-state index contributed by atoms with van der Waals surface area (Å²) < 4.78 is 0. The second kappa shape index (κ2) is 6.32. The van der Waals surface area contributed by atoms with Crippen LogP contribution in [0.1, 0.15) is 12.8 Å². The van der Waals surface area contributed by atoms with Crippen LogP contribution >= 0.6 is 0 Å². The molecule has 1 aliphatic rings. The highest BCUT2D eigenvalue weighted by Gasteiger charge is 2.23. The summed E-state index contributed by atoms with van der Waals surface area (Å²) in [6.45, 7) is 1.42. The quantitative estimate of drug-likeness (QED) is 0.553. The van der Waals surface area contributed by atoms with Crippen molar-refractivity contribution in [3.63, 3.8) is 0 Å². The van der Waals surface area contributed by atoms with Crippen LogP contribution in [0.25, 0.3) is 0 Å². The minimum Gasteiger partial charge on any atom is -0.353 e. The van der Waals surface area contributed by atoms with E-state index in [1.54, 1.807) is 0 Å². The molecule has 0 atom stereocenters. The number of nitrogens with one attached hydrogen (secondary N) is 3. The normalized spacial score (nSPS) is 14.7. The fourth-order valence-electron chi connectivity index (χ4n) is 1.11. The van der Waals surface area contributed by atoms with Crippen LogP contribution in [-0.2, 0) is 4.79 Å². The van der Waals surface area contributed by atoms with Crippen molar-refractivity contribution in [2.45, 2.75) is 18.9 Å². The molecule has 1 saturated carbocycles. The molecule has 16 heavy (non-hydrogen) atoms. The Morgan fingerprint density at radius 2 is 1.94 bits per heavy atom. The van der Waals surface area contributed by atoms with Gasteiger partial charge in [0.15, 0.2) is 0 Å². The Balaban J connectivity index is 1.98. The van der Waals surface area contributed by atoms with E-state index in [9.17, 15) is 9.59 Å². The number of nitrogens with zero attached hydrogens (tertiary/aromatic N) is 1. The summed E-state index contributed by atoms with van der Waals surface area (Å²) in [7, 11) is 3.88. The summed E-state index contributed by atoms with van der Waals surface area (Å²) in [4.78, 5) is 24.4. The van der Waals surface area contributed by atoms with E-state index in [0.29, 0.717) is 12.6 Å². The van der Waals surface area contributed by atoms with Gasteiger partial charge in [-0.15, -0.1) is 0 Å². The van der Waals surface area contributed by atoms with Crippen LogP contribution in [0.5, 0.6) is 0 Å². The lowest BCUT2D eigenvalue weighted by molar-refractivity contribution is -0.120. The number of carbonyl (C=O) groups is 2. The minimum absolute atomic E-state index is 0.0337. The van der Waals surface area contributed by atoms with Gasteiger partial charge in [0.05, 0.1) is 6.54 Å². The molecule has 0 spiro atoms. The molecule has 0 aromatic heterocycles. The average molecular weight is 228 g/mol. The molecule has 1 rings (SSSR count). The summed E-state index contributed by atoms with van der Waals surface area (Å²) in [6, 6.07) is 0.0575. The van der Waals surface area contributed by atoms with Crippen LogP contribution in [-0.4, -0.2) is 56.6 Å². The Bertz CT molecular complexity index is 251. The van der Waals surface area contributed by atoms with Crippen molar-refractivity contribution in [3.05, 3.63) is 0 Å². The Labute approximate surface area is 95.8 Å². The first-order chi connectivity index (χ1) is 7.58. The molecule has 1 aliphatic carbocycles. The third-order valence-electron chi connectivity index (χ3n) is 2.20. The average Bonchev–Trinajstić information content (AvgIpc) is 2.98. The molecule has 0 aliphatic heterocycles. The van der Waals surface area contributed by atoms with Gasteiger partial charge >= 0.3 is 6.03 Å². The minimum atomic E-state index is -0.259. The predicted octanol–water partition coefficient (Wildman–Crippen LogP) is -0.874. The molecule has 3 N–H and O–H groups in total. The molecule has 6 nitrogen and oxygen atoms in total. The molecule has 6 heteroatoms. The van der Waals surface area contributed by atoms with E-state index in [1.807, 2.05) is 19.0 Å². The SMILES string of the molecule is CN(C)CCNC(=O)CNC(=O)NC1CC1. The first kappa shape index (κ1) is 12.8. The molecule has 92 valence electrons. The van der Waals surface area contributed by atoms with Gasteiger partial charge in [0.25, 0.3) is 0 Å². The molecule has 3 amide bonds. The third kappa shape index (κ3) is 6.23. The first-order valence-corrected chi connectivity index (χ1v) is 5.53. The smallest absolute Gasteiger partial charge is 0.315 e. The zero-order valence-electron chi connectivity index (χ0n) is 9.88. The summed E-state index contributed by atoms with van der Waals surface area (Å²) in [5, 5.41) is 7.98. The lowest BCUT2D eigenvalue weighted by Crippen LogP contribution is -2.43. The zero-order valence-corrected chi connectivity index (χ0v) is 9.88. The standard InChI is InChI=1S/C10H20N4O2/c1-14(2)6-5-11-9(15)7-12-10(16)13-8-3-4-8/h8H,3-7H2,1-2H3,(H,11,15)(H2,12,13,16). The Hall–Kier alpha value is -1.30. The van der Waals surface area contributed by atoms with E-state index in [2.05, 4.69) is 16.0 Å². The van der Waals surface area contributed by atoms with Crippen molar-refractivity contribution in [2.24, 2.45) is 0 Å². The van der Waals surface area contributed by atoms with Gasteiger partial charge in [-0.3, -0.25) is 4.79 Å². The van der Waals surface area contributed by atoms with Crippen LogP contribution in [0.4, 0.5) is 4.79 Å². The van der Waals surface area contributed by atoms with Crippen LogP contribution < -0.4 is 16.0 Å². The first-order valence-electron chi connectivity index (χ1n) is 5.53. The summed E-state index contributed by atoms with van der Waals surface area (Å²) in [5.41, 5.74) is 0. The second-order valence-corrected chi connectivity index (χ2v) is 4.25. The molecule has 0 unspecified atom stereocenters. The lowest BCUT2D eigenvalue weighted by atomic mass is 10.5. The van der Waals surface area contributed by atoms with Crippen LogP contribution in [0, 0.1) is 0 Å². The van der Waals surface area contributed by atoms with E-state index >= 15 is 0 Å². The summed E-state index contributed by atoms with van der Waals surface area (Å²) >= 11 is 0. The lowest BCUT2D eigenvalue weighted by Gasteiger charge is -2.11. The van der Waals surface area contributed by atoms with Gasteiger partial charge in [-0.05, 0) is 26.9 Å². The van der Waals surface area contributed by atoms with Crippen LogP contribution in [0.15, 0.2) is 0 Å². The zero-order chi connectivity index (χ0) is 12.0. The van der Waals surface area contributed by atoms with Crippen molar-refractivity contribution in [1.29, 1.82) is 0 Å². The topological polar surface area (TPSA) is 73.5 Å². The van der Waals surface area contributed by atoms with Crippen LogP contribution in [0.2, 0.25) is 0 Å². The van der Waals surface area contributed by atoms with Gasteiger partial charge in [-0.2, -0.15) is 0 Å². The second-order valence-electron chi connectivity index (χ2n) is 4.25. The van der Waals surface area contributed by atoms with E-state index in [-0.39, 0.29) is 18.5 Å². The van der Waals surface area contributed by atoms with E-state index in [1.165, 1.54) is 0 Å². The number of hydrogen-bond donors (Lipinski definition) is 3. The number of amides is 3. The summed E-state index contributed by atoms with van der Waals surface area (Å²) in [6.07, 6.45) is 2.09. The molecule has 0 aromatic rings. The molecule has 0 radical (unpaired) electrons. The molecule has 0 bridgehead atoms. The predicted molar refractivity (Wildman–Crippen MR) is 61.1 cm³/mol. The van der Waals surface area contributed by atoms with Gasteiger partial charge in [-0.1, -0.05) is 0 Å². The van der Waals surface area contributed by atoms with Gasteiger partial charge in [-0.25, -0.2) is 4.79 Å². The fourth-order valence-corrected chi connectivity index (χ4v) is 1.11. The van der Waals surface area contributed by atoms with E-state index in [4.69, 9.17) is 0 Å². The number of urea groups is 1. The molecular weight excluding hydrogens is 208 g/mol. The van der Waals surface area contributed by atoms with Crippen molar-refractivity contribution < 1.29 is 9.59 Å². The number of hydrogen-bond acceptors (Lipinski definition) is 3. The van der Waals surface area contributed by atoms with Crippen LogP contribution in [0.3, 0.4) is 0 Å². The fraction of sp³-hybridized carbons (Fsp3) is 0.800. The van der Waals surface area contributed by atoms with E-state index < -0.39 is 0 Å². The number of likely N-dealkylation sites (N-methyl/N-ethyl adjacent to an activating group) is 1. The molecule has 1 fully saturated rings. The van der Waals surface area contributed by atoms with Gasteiger partial charge in [0.2, 0.25) is 5.91 Å². The monoisotopic (exact) mass is 228 g/mol. The third-order valence-corrected chi connectivity index (χ3v) is 2.20. The summed E-state index contributed by atoms with van der Waals surface area (Å²) in [5.74, 6) is -0.159. The van der Waals surface area contributed by atoms with Gasteiger partial charge in [0, 0.05) is 19.1 Å². The number of carbonyl (C=O) groups excluding carboxylic acids is 2. The maximum Gasteiger partial charge on any atom is 0.315 e. The maximum absolute atomic E-state index is 11.3. The largest absolute Gasteiger partial charge is 0.353 e. The van der Waals surface area contributed by atoms with Crippen molar-refractivity contribution in [3.8, 4) is 0 Å². The Morgan fingerprint density at radius 3 is 2.50 bits per heavy atom.